The minimum atomic E-state index is -1.28. The molecule has 1 aliphatic heterocycles. The van der Waals surface area contributed by atoms with Gasteiger partial charge < -0.3 is 25.2 Å². The lowest BCUT2D eigenvalue weighted by molar-refractivity contribution is -0.120. The number of carbonyl (C=O) groups excluding carboxylic acids is 2. The van der Waals surface area contributed by atoms with Crippen LogP contribution in [0.15, 0.2) is 30.3 Å². The number of hydrogen-bond acceptors (Lipinski definition) is 6. The molecule has 3 rings (SSSR count). The molecule has 2 aromatic carbocycles. The maximum atomic E-state index is 12.2. The summed E-state index contributed by atoms with van der Waals surface area (Å²) in [5.41, 5.74) is -0.0117. The zero-order valence-electron chi connectivity index (χ0n) is 11.0. The zero-order chi connectivity index (χ0) is 16.0. The second-order valence-electron chi connectivity index (χ2n) is 4.80. The van der Waals surface area contributed by atoms with Gasteiger partial charge >= 0.3 is 11.6 Å². The fourth-order valence-corrected chi connectivity index (χ4v) is 2.27. The van der Waals surface area contributed by atoms with Gasteiger partial charge in [-0.15, -0.1) is 0 Å². The standard InChI is InChI=1S/C15H10O7/c16-7-4-10(19)12-11(5-7)22-15(14(21)13(12)20)6-1-2-8(17)9(18)3-6/h1-5,15-19H/p+1. The minimum Gasteiger partial charge on any atom is -0.508 e. The van der Waals surface area contributed by atoms with E-state index in [1.807, 2.05) is 0 Å². The number of carbonyl (C=O) groups is 1. The van der Waals surface area contributed by atoms with E-state index >= 15 is 0 Å². The number of ether oxygens (including phenoxy) is 1. The number of hydrogen-bond donors (Lipinski definition) is 4. The summed E-state index contributed by atoms with van der Waals surface area (Å²) in [5, 5.41) is 38.0. The zero-order valence-corrected chi connectivity index (χ0v) is 11.0. The first-order chi connectivity index (χ1) is 10.4. The van der Waals surface area contributed by atoms with Crippen molar-refractivity contribution >= 4 is 11.6 Å². The monoisotopic (exact) mass is 303 g/mol. The SMILES string of the molecule is O=C1C(=[OH+])c2c(O)cc(O)cc2OC1c1ccc(O)c(O)c1. The molecule has 0 radical (unpaired) electrons. The number of benzene rings is 2. The van der Waals surface area contributed by atoms with E-state index in [4.69, 9.17) is 4.74 Å². The van der Waals surface area contributed by atoms with Crippen LogP contribution in [0.2, 0.25) is 0 Å². The van der Waals surface area contributed by atoms with E-state index in [1.54, 1.807) is 0 Å². The molecule has 0 aromatic heterocycles. The molecule has 7 nitrogen and oxygen atoms in total. The van der Waals surface area contributed by atoms with Crippen LogP contribution in [0.3, 0.4) is 0 Å². The number of rotatable bonds is 1. The van der Waals surface area contributed by atoms with Gasteiger partial charge in [0.15, 0.2) is 23.2 Å². The van der Waals surface area contributed by atoms with Crippen molar-refractivity contribution in [2.45, 2.75) is 6.10 Å². The Morgan fingerprint density at radius 1 is 0.955 bits per heavy atom. The first kappa shape index (κ1) is 13.7. The van der Waals surface area contributed by atoms with E-state index in [1.165, 1.54) is 12.1 Å². The van der Waals surface area contributed by atoms with Gasteiger partial charge in [0.1, 0.15) is 17.2 Å². The molecule has 0 amide bonds. The summed E-state index contributed by atoms with van der Waals surface area (Å²) in [6.45, 7) is 0. The van der Waals surface area contributed by atoms with Gasteiger partial charge in [0.2, 0.25) is 0 Å². The lowest BCUT2D eigenvalue weighted by Crippen LogP contribution is -2.32. The average Bonchev–Trinajstić information content (AvgIpc) is 2.45. The summed E-state index contributed by atoms with van der Waals surface area (Å²) < 4.78 is 5.41. The van der Waals surface area contributed by atoms with Gasteiger partial charge in [-0.05, 0) is 12.1 Å². The minimum absolute atomic E-state index is 0.0767. The largest absolute Gasteiger partial charge is 0.508 e. The highest BCUT2D eigenvalue weighted by molar-refractivity contribution is 6.47. The van der Waals surface area contributed by atoms with Crippen molar-refractivity contribution in [3.8, 4) is 28.7 Å². The molecule has 0 spiro atoms. The first-order valence-corrected chi connectivity index (χ1v) is 6.23. The van der Waals surface area contributed by atoms with Gasteiger partial charge in [-0.25, -0.2) is 0 Å². The molecule has 2 aromatic rings. The van der Waals surface area contributed by atoms with Crippen molar-refractivity contribution < 1.29 is 34.8 Å². The van der Waals surface area contributed by atoms with E-state index in [-0.39, 0.29) is 28.4 Å². The normalized spacial score (nSPS) is 17.0. The second-order valence-corrected chi connectivity index (χ2v) is 4.80. The summed E-state index contributed by atoms with van der Waals surface area (Å²) in [7, 11) is 0. The number of aromatic hydroxyl groups is 4. The molecule has 1 aliphatic rings. The number of phenols is 4. The van der Waals surface area contributed by atoms with E-state index in [0.29, 0.717) is 0 Å². The molecule has 1 heterocycles. The van der Waals surface area contributed by atoms with Gasteiger partial charge in [-0.2, -0.15) is 0 Å². The first-order valence-electron chi connectivity index (χ1n) is 6.23. The lowest BCUT2D eigenvalue weighted by atomic mass is 9.94. The van der Waals surface area contributed by atoms with Gasteiger partial charge in [-0.3, -0.25) is 9.59 Å². The molecule has 22 heavy (non-hydrogen) atoms. The number of fused-ring (bicyclic) bond motifs is 1. The highest BCUT2D eigenvalue weighted by atomic mass is 16.5. The Hall–Kier alpha value is -3.22. The fourth-order valence-electron chi connectivity index (χ4n) is 2.27. The van der Waals surface area contributed by atoms with Crippen LogP contribution >= 0.6 is 0 Å². The van der Waals surface area contributed by atoms with E-state index in [0.717, 1.165) is 18.2 Å². The second kappa shape index (κ2) is 4.66. The summed E-state index contributed by atoms with van der Waals surface area (Å²) in [4.78, 5) is 22.2. The van der Waals surface area contributed by atoms with Gasteiger partial charge in [0.05, 0.1) is 0 Å². The van der Waals surface area contributed by atoms with Gasteiger partial charge in [0.25, 0.3) is 0 Å². The van der Waals surface area contributed by atoms with Crippen LogP contribution in [-0.2, 0) is 4.79 Å². The van der Waals surface area contributed by atoms with Crippen molar-refractivity contribution in [2.75, 3.05) is 0 Å². The molecule has 0 saturated heterocycles. The van der Waals surface area contributed by atoms with E-state index in [9.17, 15) is 30.0 Å². The van der Waals surface area contributed by atoms with Crippen molar-refractivity contribution in [2.24, 2.45) is 0 Å². The van der Waals surface area contributed by atoms with Crippen LogP contribution in [0, 0.1) is 0 Å². The number of ketones is 2. The maximum absolute atomic E-state index is 12.2. The van der Waals surface area contributed by atoms with Crippen LogP contribution in [0.25, 0.3) is 0 Å². The van der Waals surface area contributed by atoms with Crippen LogP contribution in [0.4, 0.5) is 0 Å². The predicted molar refractivity (Wildman–Crippen MR) is 74.0 cm³/mol. The fraction of sp³-hybridized carbons (Fsp3) is 0.0667. The smallest absolute Gasteiger partial charge is 0.401 e. The van der Waals surface area contributed by atoms with Crippen LogP contribution in [-0.4, -0.2) is 36.8 Å². The molecule has 0 aliphatic carbocycles. The molecule has 0 saturated carbocycles. The third-order valence-corrected chi connectivity index (χ3v) is 3.32. The summed E-state index contributed by atoms with van der Waals surface area (Å²) in [6, 6.07) is 5.76. The molecule has 0 bridgehead atoms. The third kappa shape index (κ3) is 1.99. The van der Waals surface area contributed by atoms with Crippen molar-refractivity contribution in [3.05, 3.63) is 41.5 Å². The van der Waals surface area contributed by atoms with Crippen molar-refractivity contribution in [1.29, 1.82) is 0 Å². The lowest BCUT2D eigenvalue weighted by Gasteiger charge is -2.22. The molecule has 112 valence electrons. The molecule has 7 heteroatoms. The Labute approximate surface area is 123 Å². The topological polar surface area (TPSA) is 129 Å². The van der Waals surface area contributed by atoms with Crippen molar-refractivity contribution in [1.82, 2.24) is 0 Å². The predicted octanol–water partition coefficient (Wildman–Crippen LogP) is 1.10. The quantitative estimate of drug-likeness (QED) is 0.355. The highest BCUT2D eigenvalue weighted by Crippen LogP contribution is 2.41. The molecule has 5 N–H and O–H groups in total. The molecule has 0 fully saturated rings. The average molecular weight is 303 g/mol. The molecule has 1 atom stereocenters. The third-order valence-electron chi connectivity index (χ3n) is 3.32. The molecular weight excluding hydrogens is 292 g/mol. The highest BCUT2D eigenvalue weighted by Gasteiger charge is 2.43. The van der Waals surface area contributed by atoms with E-state index in [2.05, 4.69) is 0 Å². The van der Waals surface area contributed by atoms with Crippen LogP contribution < -0.4 is 4.74 Å². The number of phenolic OH excluding ortho intramolecular Hbond substituents is 4. The summed E-state index contributed by atoms with van der Waals surface area (Å²) >= 11 is 0. The molecule has 1 unspecified atom stereocenters. The van der Waals surface area contributed by atoms with Gasteiger partial charge in [0, 0.05) is 17.7 Å². The maximum Gasteiger partial charge on any atom is 0.401 e. The Kier molecular flexibility index (Phi) is 2.91. The Bertz CT molecular complexity index is 810. The summed E-state index contributed by atoms with van der Waals surface area (Å²) in [6.07, 6.45) is -1.28. The number of Topliss-reactive ketones (excluding diaryl/α,β-unsaturated/α-hetero) is 1. The molecular formula is C15H11O7+. The van der Waals surface area contributed by atoms with Crippen LogP contribution in [0.1, 0.15) is 17.2 Å². The Morgan fingerprint density at radius 3 is 2.36 bits per heavy atom. The Balaban J connectivity index is 2.10. The van der Waals surface area contributed by atoms with E-state index < -0.39 is 29.2 Å². The van der Waals surface area contributed by atoms with Crippen LogP contribution in [0.5, 0.6) is 28.7 Å². The van der Waals surface area contributed by atoms with Gasteiger partial charge in [-0.1, -0.05) is 6.07 Å². The summed E-state index contributed by atoms with van der Waals surface area (Å²) in [5.74, 6) is -3.21. The van der Waals surface area contributed by atoms with Crippen molar-refractivity contribution in [3.63, 3.8) is 0 Å². The Morgan fingerprint density at radius 2 is 1.68 bits per heavy atom.